The van der Waals surface area contributed by atoms with Gasteiger partial charge in [0.1, 0.15) is 0 Å². The molecule has 0 saturated heterocycles. The molecular formula is C12H22N2O. The van der Waals surface area contributed by atoms with Gasteiger partial charge < -0.3 is 15.0 Å². The van der Waals surface area contributed by atoms with Gasteiger partial charge in [0.05, 0.1) is 6.61 Å². The second kappa shape index (κ2) is 5.93. The van der Waals surface area contributed by atoms with Gasteiger partial charge in [0.15, 0.2) is 0 Å². The predicted octanol–water partition coefficient (Wildman–Crippen LogP) is 1.52. The number of hydrogen-bond donors (Lipinski definition) is 2. The molecule has 0 aliphatic heterocycles. The molecule has 1 rings (SSSR count). The molecule has 1 aromatic rings. The molecule has 1 atom stereocenters. The molecule has 1 heterocycles. The first kappa shape index (κ1) is 12.3. The van der Waals surface area contributed by atoms with Crippen LogP contribution in [0.1, 0.15) is 26.0 Å². The highest BCUT2D eigenvalue weighted by Gasteiger charge is 2.09. The van der Waals surface area contributed by atoms with E-state index in [1.54, 1.807) is 0 Å². The predicted molar refractivity (Wildman–Crippen MR) is 62.6 cm³/mol. The highest BCUT2D eigenvalue weighted by molar-refractivity contribution is 5.06. The van der Waals surface area contributed by atoms with Gasteiger partial charge in [-0.3, -0.25) is 0 Å². The molecule has 0 aliphatic carbocycles. The molecule has 2 N–H and O–H groups in total. The highest BCUT2D eigenvalue weighted by atomic mass is 16.3. The number of aliphatic hydroxyl groups excluding tert-OH is 1. The van der Waals surface area contributed by atoms with Crippen molar-refractivity contribution in [1.29, 1.82) is 0 Å². The molecule has 3 heteroatoms. The van der Waals surface area contributed by atoms with E-state index in [0.717, 1.165) is 13.0 Å². The van der Waals surface area contributed by atoms with Crippen molar-refractivity contribution in [2.24, 2.45) is 13.0 Å². The monoisotopic (exact) mass is 210 g/mol. The Morgan fingerprint density at radius 3 is 2.67 bits per heavy atom. The Balaban J connectivity index is 2.37. The topological polar surface area (TPSA) is 37.2 Å². The highest BCUT2D eigenvalue weighted by Crippen LogP contribution is 2.06. The number of rotatable bonds is 6. The van der Waals surface area contributed by atoms with Crippen molar-refractivity contribution in [1.82, 2.24) is 9.88 Å². The molecule has 15 heavy (non-hydrogen) atoms. The van der Waals surface area contributed by atoms with Crippen molar-refractivity contribution in [2.45, 2.75) is 32.9 Å². The smallest absolute Gasteiger partial charge is 0.0584 e. The van der Waals surface area contributed by atoms with Crippen LogP contribution >= 0.6 is 0 Å². The first-order valence-electron chi connectivity index (χ1n) is 5.58. The zero-order valence-corrected chi connectivity index (χ0v) is 9.90. The Morgan fingerprint density at radius 1 is 1.47 bits per heavy atom. The number of nitrogens with one attached hydrogen (secondary N) is 1. The summed E-state index contributed by atoms with van der Waals surface area (Å²) in [5, 5.41) is 12.6. The van der Waals surface area contributed by atoms with Gasteiger partial charge >= 0.3 is 0 Å². The van der Waals surface area contributed by atoms with Gasteiger partial charge in [-0.2, -0.15) is 0 Å². The van der Waals surface area contributed by atoms with Crippen LogP contribution in [0.2, 0.25) is 0 Å². The average molecular weight is 210 g/mol. The first-order chi connectivity index (χ1) is 7.13. The van der Waals surface area contributed by atoms with E-state index in [0.29, 0.717) is 5.92 Å². The summed E-state index contributed by atoms with van der Waals surface area (Å²) in [6, 6.07) is 4.34. The molecule has 0 aliphatic rings. The fraction of sp³-hybridized carbons (Fsp3) is 0.667. The summed E-state index contributed by atoms with van der Waals surface area (Å²) in [5.74, 6) is 0.614. The lowest BCUT2D eigenvalue weighted by molar-refractivity contribution is 0.223. The molecule has 86 valence electrons. The molecule has 0 spiro atoms. The van der Waals surface area contributed by atoms with E-state index in [1.165, 1.54) is 5.69 Å². The largest absolute Gasteiger partial charge is 0.395 e. The molecule has 3 nitrogen and oxygen atoms in total. The minimum absolute atomic E-state index is 0.208. The van der Waals surface area contributed by atoms with Crippen LogP contribution in [0.5, 0.6) is 0 Å². The number of nitrogens with zero attached hydrogens (tertiary/aromatic N) is 1. The van der Waals surface area contributed by atoms with Crippen LogP contribution in [0, 0.1) is 5.92 Å². The molecule has 0 bridgehead atoms. The second-order valence-corrected chi connectivity index (χ2v) is 4.50. The first-order valence-corrected chi connectivity index (χ1v) is 5.58. The SMILES string of the molecule is CC(C)CC(CO)NCc1cccn1C. The van der Waals surface area contributed by atoms with E-state index in [1.807, 2.05) is 19.3 Å². The van der Waals surface area contributed by atoms with Crippen LogP contribution in [0.25, 0.3) is 0 Å². The van der Waals surface area contributed by atoms with Gasteiger partial charge in [0, 0.05) is 31.5 Å². The molecular weight excluding hydrogens is 188 g/mol. The summed E-state index contributed by atoms with van der Waals surface area (Å²) < 4.78 is 2.09. The van der Waals surface area contributed by atoms with E-state index < -0.39 is 0 Å². The summed E-state index contributed by atoms with van der Waals surface area (Å²) in [5.41, 5.74) is 1.25. The van der Waals surface area contributed by atoms with Crippen LogP contribution in [-0.2, 0) is 13.6 Å². The number of aliphatic hydroxyl groups is 1. The third-order valence-electron chi connectivity index (χ3n) is 2.60. The summed E-state index contributed by atoms with van der Waals surface area (Å²) in [6.07, 6.45) is 3.05. The van der Waals surface area contributed by atoms with Crippen LogP contribution in [0.15, 0.2) is 18.3 Å². The molecule has 0 amide bonds. The lowest BCUT2D eigenvalue weighted by atomic mass is 10.0. The molecule has 0 saturated carbocycles. The van der Waals surface area contributed by atoms with E-state index >= 15 is 0 Å². The zero-order chi connectivity index (χ0) is 11.3. The maximum Gasteiger partial charge on any atom is 0.0584 e. The van der Waals surface area contributed by atoms with Crippen molar-refractivity contribution in [2.75, 3.05) is 6.61 Å². The molecule has 0 fully saturated rings. The van der Waals surface area contributed by atoms with Crippen LogP contribution in [0.3, 0.4) is 0 Å². The summed E-state index contributed by atoms with van der Waals surface area (Å²) >= 11 is 0. The summed E-state index contributed by atoms with van der Waals surface area (Å²) in [6.45, 7) is 5.38. The van der Waals surface area contributed by atoms with E-state index in [9.17, 15) is 5.11 Å². The van der Waals surface area contributed by atoms with Crippen molar-refractivity contribution < 1.29 is 5.11 Å². The lowest BCUT2D eigenvalue weighted by Crippen LogP contribution is -2.33. The number of aryl methyl sites for hydroxylation is 1. The van der Waals surface area contributed by atoms with Gasteiger partial charge in [-0.05, 0) is 24.5 Å². The van der Waals surface area contributed by atoms with Crippen molar-refractivity contribution >= 4 is 0 Å². The third-order valence-corrected chi connectivity index (χ3v) is 2.60. The average Bonchev–Trinajstić information content (AvgIpc) is 2.58. The normalized spacial score (nSPS) is 13.4. The fourth-order valence-electron chi connectivity index (χ4n) is 1.72. The lowest BCUT2D eigenvalue weighted by Gasteiger charge is -2.18. The second-order valence-electron chi connectivity index (χ2n) is 4.50. The quantitative estimate of drug-likeness (QED) is 0.747. The van der Waals surface area contributed by atoms with Gasteiger partial charge in [0.25, 0.3) is 0 Å². The Morgan fingerprint density at radius 2 is 2.20 bits per heavy atom. The van der Waals surface area contributed by atoms with E-state index in [2.05, 4.69) is 29.8 Å². The zero-order valence-electron chi connectivity index (χ0n) is 9.90. The van der Waals surface area contributed by atoms with Gasteiger partial charge in [-0.25, -0.2) is 0 Å². The minimum atomic E-state index is 0.208. The third kappa shape index (κ3) is 4.06. The Bertz CT molecular complexity index is 281. The fourth-order valence-corrected chi connectivity index (χ4v) is 1.72. The number of aromatic nitrogens is 1. The van der Waals surface area contributed by atoms with Crippen molar-refractivity contribution in [3.05, 3.63) is 24.0 Å². The Labute approximate surface area is 92.1 Å². The maximum atomic E-state index is 9.20. The summed E-state index contributed by atoms with van der Waals surface area (Å²) in [4.78, 5) is 0. The standard InChI is InChI=1S/C12H22N2O/c1-10(2)7-11(9-15)13-8-12-5-4-6-14(12)3/h4-6,10-11,13,15H,7-9H2,1-3H3. The van der Waals surface area contributed by atoms with Crippen molar-refractivity contribution in [3.63, 3.8) is 0 Å². The van der Waals surface area contributed by atoms with Crippen LogP contribution in [0.4, 0.5) is 0 Å². The van der Waals surface area contributed by atoms with E-state index in [4.69, 9.17) is 0 Å². The van der Waals surface area contributed by atoms with Gasteiger partial charge in [0.2, 0.25) is 0 Å². The molecule has 0 radical (unpaired) electrons. The summed E-state index contributed by atoms with van der Waals surface area (Å²) in [7, 11) is 2.04. The van der Waals surface area contributed by atoms with Crippen LogP contribution in [-0.4, -0.2) is 22.3 Å². The molecule has 1 unspecified atom stereocenters. The maximum absolute atomic E-state index is 9.20. The number of hydrogen-bond acceptors (Lipinski definition) is 2. The Hall–Kier alpha value is -0.800. The molecule has 0 aromatic carbocycles. The minimum Gasteiger partial charge on any atom is -0.395 e. The van der Waals surface area contributed by atoms with Crippen LogP contribution < -0.4 is 5.32 Å². The molecule has 1 aromatic heterocycles. The van der Waals surface area contributed by atoms with Gasteiger partial charge in [-0.15, -0.1) is 0 Å². The van der Waals surface area contributed by atoms with E-state index in [-0.39, 0.29) is 12.6 Å². The Kier molecular flexibility index (Phi) is 4.85. The van der Waals surface area contributed by atoms with Gasteiger partial charge in [-0.1, -0.05) is 13.8 Å². The van der Waals surface area contributed by atoms with Crippen molar-refractivity contribution in [3.8, 4) is 0 Å².